The molecule has 2 aliphatic carbocycles. The van der Waals surface area contributed by atoms with Gasteiger partial charge in [-0.05, 0) is 107 Å². The lowest BCUT2D eigenvalue weighted by molar-refractivity contribution is -0.126. The fraction of sp³-hybridized carbons (Fsp3) is 0.886. The zero-order chi connectivity index (χ0) is 41.0. The first kappa shape index (κ1) is 49.1. The summed E-state index contributed by atoms with van der Waals surface area (Å²) in [5.41, 5.74) is 0. The molecular formula is C44H81N5O7. The van der Waals surface area contributed by atoms with Crippen LogP contribution in [-0.2, 0) is 23.9 Å². The van der Waals surface area contributed by atoms with Crippen LogP contribution in [0, 0.1) is 29.6 Å². The van der Waals surface area contributed by atoms with Gasteiger partial charge >= 0.3 is 12.2 Å². The lowest BCUT2D eigenvalue weighted by Gasteiger charge is -2.26. The highest BCUT2D eigenvalue weighted by molar-refractivity contribution is 5.85. The van der Waals surface area contributed by atoms with Crippen molar-refractivity contribution in [1.29, 1.82) is 0 Å². The van der Waals surface area contributed by atoms with Crippen molar-refractivity contribution in [2.24, 2.45) is 29.6 Å². The van der Waals surface area contributed by atoms with Crippen molar-refractivity contribution in [3.05, 3.63) is 0 Å². The Balaban J connectivity index is 1.36. The van der Waals surface area contributed by atoms with Gasteiger partial charge in [0.1, 0.15) is 12.2 Å². The van der Waals surface area contributed by atoms with Gasteiger partial charge in [0, 0.05) is 39.0 Å². The van der Waals surface area contributed by atoms with Gasteiger partial charge in [-0.15, -0.1) is 0 Å². The van der Waals surface area contributed by atoms with Gasteiger partial charge in [0.15, 0.2) is 0 Å². The number of amides is 5. The Kier molecular flexibility index (Phi) is 26.4. The molecule has 0 aliphatic heterocycles. The van der Waals surface area contributed by atoms with Gasteiger partial charge in [0.25, 0.3) is 0 Å². The number of carbonyl (C=O) groups is 5. The Bertz CT molecular complexity index is 1120. The second kappa shape index (κ2) is 30.1. The maximum atomic E-state index is 12.4. The molecule has 56 heavy (non-hydrogen) atoms. The van der Waals surface area contributed by atoms with Crippen LogP contribution in [0.4, 0.5) is 9.59 Å². The van der Waals surface area contributed by atoms with Crippen LogP contribution in [-0.4, -0.2) is 74.8 Å². The minimum absolute atomic E-state index is 0.0290. The van der Waals surface area contributed by atoms with E-state index in [4.69, 9.17) is 9.47 Å². The van der Waals surface area contributed by atoms with Crippen molar-refractivity contribution in [2.45, 2.75) is 188 Å². The average molecular weight is 792 g/mol. The van der Waals surface area contributed by atoms with E-state index in [1.807, 2.05) is 0 Å². The SMILES string of the molecule is CCC(CC)CC1CCC[C@H]1OC(=O)NCCCCCCNC(=O)CNC(=O)CCCC(=O)NCCCCCCNC(=O)O[C@@H]1CCC(C)[C@@H]1CC(CC)CC. The maximum Gasteiger partial charge on any atom is 0.407 e. The van der Waals surface area contributed by atoms with Gasteiger partial charge in [-0.1, -0.05) is 86.0 Å². The van der Waals surface area contributed by atoms with Crippen molar-refractivity contribution in [2.75, 3.05) is 32.7 Å². The molecule has 0 radical (unpaired) electrons. The molecule has 2 aliphatic rings. The summed E-state index contributed by atoms with van der Waals surface area (Å²) in [4.78, 5) is 61.1. The Morgan fingerprint density at radius 2 is 1.00 bits per heavy atom. The van der Waals surface area contributed by atoms with Crippen LogP contribution in [0.5, 0.6) is 0 Å². The van der Waals surface area contributed by atoms with E-state index in [9.17, 15) is 24.0 Å². The summed E-state index contributed by atoms with van der Waals surface area (Å²) in [6.45, 7) is 13.5. The Morgan fingerprint density at radius 1 is 0.518 bits per heavy atom. The smallest absolute Gasteiger partial charge is 0.407 e. The maximum absolute atomic E-state index is 12.4. The van der Waals surface area contributed by atoms with Crippen molar-refractivity contribution in [3.8, 4) is 0 Å². The number of hydrogen-bond acceptors (Lipinski definition) is 7. The molecule has 2 saturated carbocycles. The van der Waals surface area contributed by atoms with Gasteiger partial charge in [-0.25, -0.2) is 9.59 Å². The molecule has 0 bridgehead atoms. The first-order chi connectivity index (χ1) is 27.1. The molecule has 12 heteroatoms. The molecule has 324 valence electrons. The Morgan fingerprint density at radius 3 is 1.55 bits per heavy atom. The van der Waals surface area contributed by atoms with Gasteiger partial charge in [-0.3, -0.25) is 14.4 Å². The minimum atomic E-state index is -0.303. The fourth-order valence-electron chi connectivity index (χ4n) is 8.47. The third kappa shape index (κ3) is 21.5. The lowest BCUT2D eigenvalue weighted by Crippen LogP contribution is -2.37. The van der Waals surface area contributed by atoms with E-state index in [1.165, 1.54) is 25.7 Å². The third-order valence-corrected chi connectivity index (χ3v) is 12.4. The molecule has 2 fully saturated rings. The molecule has 0 aromatic rings. The van der Waals surface area contributed by atoms with E-state index in [2.05, 4.69) is 61.2 Å². The number of rotatable bonds is 30. The third-order valence-electron chi connectivity index (χ3n) is 12.4. The summed E-state index contributed by atoms with van der Waals surface area (Å²) in [5, 5.41) is 14.2. The van der Waals surface area contributed by atoms with E-state index < -0.39 is 0 Å². The first-order valence-electron chi connectivity index (χ1n) is 22.8. The number of nitrogens with one attached hydrogen (secondary N) is 5. The average Bonchev–Trinajstić information content (AvgIpc) is 3.77. The highest BCUT2D eigenvalue weighted by Crippen LogP contribution is 2.39. The zero-order valence-corrected chi connectivity index (χ0v) is 36.0. The second-order valence-electron chi connectivity index (χ2n) is 16.6. The molecule has 0 aromatic heterocycles. The van der Waals surface area contributed by atoms with Crippen molar-refractivity contribution in [1.82, 2.24) is 26.6 Å². The van der Waals surface area contributed by atoms with E-state index in [0.29, 0.717) is 62.2 Å². The van der Waals surface area contributed by atoms with Crippen LogP contribution < -0.4 is 26.6 Å². The van der Waals surface area contributed by atoms with Crippen molar-refractivity contribution < 1.29 is 33.4 Å². The number of ether oxygens (including phenoxy) is 2. The van der Waals surface area contributed by atoms with Crippen LogP contribution in [0.3, 0.4) is 0 Å². The number of carbonyl (C=O) groups excluding carboxylic acids is 5. The second-order valence-corrected chi connectivity index (χ2v) is 16.6. The highest BCUT2D eigenvalue weighted by atomic mass is 16.6. The van der Waals surface area contributed by atoms with E-state index >= 15 is 0 Å². The standard InChI is InChI=1S/C44H81N5O7/c1-6-34(7-2)30-36-20-18-21-38(36)55-43(53)47-28-16-13-11-15-27-46-42(52)32-49-41(51)23-19-22-40(50)45-26-14-10-12-17-29-48-44(54)56-39-25-24-33(5)37(39)31-35(8-3)9-4/h33-39H,6-32H2,1-5H3,(H,45,50)(H,46,52)(H,47,53)(H,48,54)(H,49,51)/t33?,36?,37-,38+,39+/m0/s1. The van der Waals surface area contributed by atoms with Gasteiger partial charge in [0.05, 0.1) is 6.54 Å². The molecule has 0 heterocycles. The van der Waals surface area contributed by atoms with Crippen molar-refractivity contribution >= 4 is 29.9 Å². The lowest BCUT2D eigenvalue weighted by atomic mass is 9.84. The van der Waals surface area contributed by atoms with Crippen LogP contribution in [0.1, 0.15) is 176 Å². The highest BCUT2D eigenvalue weighted by Gasteiger charge is 2.37. The predicted octanol–water partition coefficient (Wildman–Crippen LogP) is 8.31. The first-order valence-corrected chi connectivity index (χ1v) is 22.8. The molecule has 0 spiro atoms. The van der Waals surface area contributed by atoms with E-state index in [-0.39, 0.29) is 61.5 Å². The molecule has 2 rings (SSSR count). The van der Waals surface area contributed by atoms with Crippen LogP contribution in [0.25, 0.3) is 0 Å². The zero-order valence-electron chi connectivity index (χ0n) is 36.0. The Labute approximate surface area is 339 Å². The monoisotopic (exact) mass is 792 g/mol. The molecule has 2 unspecified atom stereocenters. The summed E-state index contributed by atoms with van der Waals surface area (Å²) >= 11 is 0. The Hall–Kier alpha value is -3.05. The quantitative estimate of drug-likeness (QED) is 0.0457. The molecule has 12 nitrogen and oxygen atoms in total. The van der Waals surface area contributed by atoms with Crippen LogP contribution in [0.15, 0.2) is 0 Å². The van der Waals surface area contributed by atoms with Gasteiger partial charge in [-0.2, -0.15) is 0 Å². The van der Waals surface area contributed by atoms with Crippen molar-refractivity contribution in [3.63, 3.8) is 0 Å². The molecule has 5 amide bonds. The summed E-state index contributed by atoms with van der Waals surface area (Å²) in [6.07, 6.45) is 19.9. The predicted molar refractivity (Wildman–Crippen MR) is 223 cm³/mol. The van der Waals surface area contributed by atoms with E-state index in [1.54, 1.807) is 0 Å². The van der Waals surface area contributed by atoms with Crippen LogP contribution >= 0.6 is 0 Å². The summed E-state index contributed by atoms with van der Waals surface area (Å²) < 4.78 is 11.6. The summed E-state index contributed by atoms with van der Waals surface area (Å²) in [6, 6.07) is 0. The molecule has 0 aromatic carbocycles. The number of unbranched alkanes of at least 4 members (excludes halogenated alkanes) is 6. The molecule has 0 saturated heterocycles. The molecule has 5 atom stereocenters. The molecular weight excluding hydrogens is 711 g/mol. The number of hydrogen-bond donors (Lipinski definition) is 5. The minimum Gasteiger partial charge on any atom is -0.446 e. The van der Waals surface area contributed by atoms with Crippen LogP contribution in [0.2, 0.25) is 0 Å². The molecule has 5 N–H and O–H groups in total. The van der Waals surface area contributed by atoms with Gasteiger partial charge in [0.2, 0.25) is 17.7 Å². The van der Waals surface area contributed by atoms with E-state index in [0.717, 1.165) is 96.3 Å². The summed E-state index contributed by atoms with van der Waals surface area (Å²) in [5.74, 6) is 2.41. The largest absolute Gasteiger partial charge is 0.446 e. The topological polar surface area (TPSA) is 164 Å². The summed E-state index contributed by atoms with van der Waals surface area (Å²) in [7, 11) is 0. The number of alkyl carbamates (subject to hydrolysis) is 2. The fourth-order valence-corrected chi connectivity index (χ4v) is 8.47. The van der Waals surface area contributed by atoms with Gasteiger partial charge < -0.3 is 36.1 Å². The normalized spacial score (nSPS) is 20.5.